The Morgan fingerprint density at radius 2 is 1.78 bits per heavy atom. The van der Waals surface area contributed by atoms with Crippen LogP contribution in [0.3, 0.4) is 0 Å². The van der Waals surface area contributed by atoms with E-state index < -0.39 is 35.1 Å². The number of alkyl halides is 1. The van der Waals surface area contributed by atoms with Crippen LogP contribution >= 0.6 is 0 Å². The first-order chi connectivity index (χ1) is 13.0. The number of hydrogen-bond acceptors (Lipinski definition) is 4. The van der Waals surface area contributed by atoms with E-state index in [-0.39, 0.29) is 22.9 Å². The molecular formula is C18H16F4N4O. The third kappa shape index (κ3) is 2.90. The maximum absolute atomic E-state index is 14.8. The predicted octanol–water partition coefficient (Wildman–Crippen LogP) is 4.21. The highest BCUT2D eigenvalue weighted by molar-refractivity contribution is 5.74. The fourth-order valence-corrected chi connectivity index (χ4v) is 3.74. The second kappa shape index (κ2) is 6.79. The first-order valence-electron chi connectivity index (χ1n) is 8.58. The van der Waals surface area contributed by atoms with Gasteiger partial charge in [0.05, 0.1) is 23.9 Å². The molecule has 142 valence electrons. The average molecular weight is 380 g/mol. The van der Waals surface area contributed by atoms with Gasteiger partial charge in [0, 0.05) is 18.1 Å². The zero-order valence-corrected chi connectivity index (χ0v) is 14.4. The SMILES string of the molecule is COc1nc2ncnn2c(C2CCCCC2F)c1-c1c(F)cc(F)cc1F. The Hall–Kier alpha value is -2.71. The van der Waals surface area contributed by atoms with Crippen LogP contribution in [0.25, 0.3) is 16.9 Å². The molecule has 0 spiro atoms. The van der Waals surface area contributed by atoms with Crippen LogP contribution in [0.15, 0.2) is 18.5 Å². The van der Waals surface area contributed by atoms with Crippen LogP contribution in [0.1, 0.15) is 37.3 Å². The van der Waals surface area contributed by atoms with Crippen molar-refractivity contribution in [3.63, 3.8) is 0 Å². The number of benzene rings is 1. The molecule has 9 heteroatoms. The van der Waals surface area contributed by atoms with Gasteiger partial charge in [-0.25, -0.2) is 22.1 Å². The number of ether oxygens (including phenoxy) is 1. The second-order valence-electron chi connectivity index (χ2n) is 6.50. The summed E-state index contributed by atoms with van der Waals surface area (Å²) >= 11 is 0. The minimum Gasteiger partial charge on any atom is -0.480 e. The molecule has 2 unspecified atom stereocenters. The van der Waals surface area contributed by atoms with E-state index in [2.05, 4.69) is 15.1 Å². The molecule has 2 heterocycles. The standard InChI is InChI=1S/C18H16F4N4O/c1-27-17-15(14-12(21)6-9(19)7-13(14)22)16(10-4-2-3-5-11(10)20)26-18(25-17)23-8-24-26/h6-8,10-11H,2-5H2,1H3. The summed E-state index contributed by atoms with van der Waals surface area (Å²) in [5.41, 5.74) is -0.364. The van der Waals surface area contributed by atoms with Gasteiger partial charge in [0.2, 0.25) is 5.88 Å². The zero-order chi connectivity index (χ0) is 19.1. The molecule has 0 N–H and O–H groups in total. The van der Waals surface area contributed by atoms with E-state index >= 15 is 0 Å². The van der Waals surface area contributed by atoms with E-state index in [9.17, 15) is 17.6 Å². The summed E-state index contributed by atoms with van der Waals surface area (Å²) in [6.45, 7) is 0. The highest BCUT2D eigenvalue weighted by Gasteiger charge is 2.35. The molecule has 0 amide bonds. The van der Waals surface area contributed by atoms with Crippen molar-refractivity contribution >= 4 is 5.78 Å². The molecule has 3 aromatic rings. The van der Waals surface area contributed by atoms with Crippen LogP contribution in [-0.4, -0.2) is 32.9 Å². The molecule has 1 fully saturated rings. The molecule has 5 nitrogen and oxygen atoms in total. The Bertz CT molecular complexity index is 983. The molecule has 27 heavy (non-hydrogen) atoms. The fourth-order valence-electron chi connectivity index (χ4n) is 3.74. The van der Waals surface area contributed by atoms with Gasteiger partial charge >= 0.3 is 0 Å². The lowest BCUT2D eigenvalue weighted by molar-refractivity contribution is 0.211. The summed E-state index contributed by atoms with van der Waals surface area (Å²) in [7, 11) is 1.29. The molecule has 1 aromatic carbocycles. The maximum atomic E-state index is 14.8. The summed E-state index contributed by atoms with van der Waals surface area (Å²) in [5.74, 6) is -3.96. The number of aromatic nitrogens is 4. The van der Waals surface area contributed by atoms with Crippen LogP contribution in [0, 0.1) is 17.5 Å². The van der Waals surface area contributed by atoms with Crippen LogP contribution in [0.5, 0.6) is 5.88 Å². The Morgan fingerprint density at radius 3 is 2.44 bits per heavy atom. The second-order valence-corrected chi connectivity index (χ2v) is 6.50. The quantitative estimate of drug-likeness (QED) is 0.639. The van der Waals surface area contributed by atoms with Gasteiger partial charge in [0.25, 0.3) is 5.78 Å². The first kappa shape index (κ1) is 17.7. The van der Waals surface area contributed by atoms with Gasteiger partial charge in [-0.2, -0.15) is 15.1 Å². The Morgan fingerprint density at radius 1 is 1.07 bits per heavy atom. The van der Waals surface area contributed by atoms with Crippen molar-refractivity contribution < 1.29 is 22.3 Å². The van der Waals surface area contributed by atoms with Crippen molar-refractivity contribution in [1.82, 2.24) is 19.6 Å². The van der Waals surface area contributed by atoms with Gasteiger partial charge in [-0.05, 0) is 12.8 Å². The monoisotopic (exact) mass is 380 g/mol. The normalized spacial score (nSPS) is 20.2. The molecule has 0 aliphatic heterocycles. The highest BCUT2D eigenvalue weighted by Crippen LogP contribution is 2.44. The molecule has 0 bridgehead atoms. The lowest BCUT2D eigenvalue weighted by Crippen LogP contribution is -2.23. The van der Waals surface area contributed by atoms with E-state index in [1.165, 1.54) is 18.0 Å². The largest absolute Gasteiger partial charge is 0.480 e. The predicted molar refractivity (Wildman–Crippen MR) is 88.7 cm³/mol. The van der Waals surface area contributed by atoms with E-state index in [0.717, 1.165) is 12.8 Å². The lowest BCUT2D eigenvalue weighted by Gasteiger charge is -2.28. The van der Waals surface area contributed by atoms with E-state index in [1.54, 1.807) is 0 Å². The van der Waals surface area contributed by atoms with Crippen molar-refractivity contribution in [3.8, 4) is 17.0 Å². The summed E-state index contributed by atoms with van der Waals surface area (Å²) in [6.07, 6.45) is 2.31. The third-order valence-corrected chi connectivity index (χ3v) is 4.91. The molecule has 2 aromatic heterocycles. The Labute approximate surface area is 152 Å². The number of halogens is 4. The van der Waals surface area contributed by atoms with Crippen molar-refractivity contribution in [3.05, 3.63) is 41.6 Å². The molecule has 0 radical (unpaired) electrons. The zero-order valence-electron chi connectivity index (χ0n) is 14.4. The Balaban J connectivity index is 2.09. The molecule has 4 rings (SSSR count). The highest BCUT2D eigenvalue weighted by atomic mass is 19.1. The molecule has 1 aliphatic carbocycles. The van der Waals surface area contributed by atoms with Gasteiger partial charge in [-0.1, -0.05) is 12.8 Å². The van der Waals surface area contributed by atoms with E-state index in [1.807, 2.05) is 0 Å². The molecule has 2 atom stereocenters. The van der Waals surface area contributed by atoms with E-state index in [0.29, 0.717) is 25.0 Å². The van der Waals surface area contributed by atoms with Crippen molar-refractivity contribution in [2.45, 2.75) is 37.8 Å². The summed E-state index contributed by atoms with van der Waals surface area (Å²) in [5, 5.41) is 4.07. The van der Waals surface area contributed by atoms with Gasteiger partial charge in [0.15, 0.2) is 0 Å². The summed E-state index contributed by atoms with van der Waals surface area (Å²) < 4.78 is 63.9. The first-order valence-corrected chi connectivity index (χ1v) is 8.58. The van der Waals surface area contributed by atoms with Gasteiger partial charge in [-0.15, -0.1) is 0 Å². The van der Waals surface area contributed by atoms with Crippen molar-refractivity contribution in [1.29, 1.82) is 0 Å². The number of rotatable bonds is 3. The topological polar surface area (TPSA) is 52.3 Å². The number of nitrogens with zero attached hydrogens (tertiary/aromatic N) is 4. The van der Waals surface area contributed by atoms with Crippen LogP contribution in [0.4, 0.5) is 17.6 Å². The smallest absolute Gasteiger partial charge is 0.255 e. The van der Waals surface area contributed by atoms with Gasteiger partial charge in [0.1, 0.15) is 30.0 Å². The number of hydrogen-bond donors (Lipinski definition) is 0. The molecule has 0 saturated heterocycles. The number of fused-ring (bicyclic) bond motifs is 1. The summed E-state index contributed by atoms with van der Waals surface area (Å²) in [6, 6.07) is 1.14. The van der Waals surface area contributed by atoms with E-state index in [4.69, 9.17) is 4.74 Å². The molecule has 1 aliphatic rings. The minimum atomic E-state index is -1.22. The van der Waals surface area contributed by atoms with Crippen LogP contribution < -0.4 is 4.74 Å². The van der Waals surface area contributed by atoms with Gasteiger partial charge < -0.3 is 4.74 Å². The van der Waals surface area contributed by atoms with Crippen molar-refractivity contribution in [2.24, 2.45) is 0 Å². The van der Waals surface area contributed by atoms with Crippen LogP contribution in [-0.2, 0) is 0 Å². The van der Waals surface area contributed by atoms with Crippen LogP contribution in [0.2, 0.25) is 0 Å². The third-order valence-electron chi connectivity index (χ3n) is 4.91. The average Bonchev–Trinajstić information content (AvgIpc) is 3.09. The fraction of sp³-hybridized carbons (Fsp3) is 0.389. The number of methoxy groups -OCH3 is 1. The van der Waals surface area contributed by atoms with Gasteiger partial charge in [-0.3, -0.25) is 0 Å². The molecule has 1 saturated carbocycles. The maximum Gasteiger partial charge on any atom is 0.255 e. The molecular weight excluding hydrogens is 364 g/mol. The lowest BCUT2D eigenvalue weighted by atomic mass is 9.82. The summed E-state index contributed by atoms with van der Waals surface area (Å²) in [4.78, 5) is 8.13. The Kier molecular flexibility index (Phi) is 4.45. The van der Waals surface area contributed by atoms with Crippen molar-refractivity contribution in [2.75, 3.05) is 7.11 Å². The minimum absolute atomic E-state index is 0.0694.